The van der Waals surface area contributed by atoms with Gasteiger partial charge in [-0.05, 0) is 19.1 Å². The van der Waals surface area contributed by atoms with Gasteiger partial charge in [0.05, 0.1) is 0 Å². The first-order valence-electron chi connectivity index (χ1n) is 6.67. The molecule has 22 heavy (non-hydrogen) atoms. The largest absolute Gasteiger partial charge is 0.377 e. The lowest BCUT2D eigenvalue weighted by atomic mass is 10.1. The van der Waals surface area contributed by atoms with Gasteiger partial charge in [-0.3, -0.25) is 0 Å². The molecular formula is C15H18N2O4S. The van der Waals surface area contributed by atoms with E-state index in [4.69, 9.17) is 5.73 Å². The first-order valence-corrected chi connectivity index (χ1v) is 8.08. The minimum atomic E-state index is -4.22. The van der Waals surface area contributed by atoms with Crippen LogP contribution in [0.2, 0.25) is 0 Å². The Morgan fingerprint density at radius 1 is 1.14 bits per heavy atom. The van der Waals surface area contributed by atoms with Crippen molar-refractivity contribution in [2.45, 2.75) is 17.9 Å². The summed E-state index contributed by atoms with van der Waals surface area (Å²) in [5.74, 6) is -0.985. The molecule has 0 saturated heterocycles. The molecular weight excluding hydrogens is 304 g/mol. The average Bonchev–Trinajstić information content (AvgIpc) is 2.45. The van der Waals surface area contributed by atoms with Gasteiger partial charge in [-0.15, -0.1) is 0 Å². The molecule has 1 atom stereocenters. The Hall–Kier alpha value is -2.12. The molecule has 0 fully saturated rings. The fourth-order valence-electron chi connectivity index (χ4n) is 2.10. The number of rotatable bonds is 4. The van der Waals surface area contributed by atoms with Crippen LogP contribution in [0.3, 0.4) is 0 Å². The van der Waals surface area contributed by atoms with Crippen LogP contribution < -0.4 is 10.6 Å². The zero-order valence-electron chi connectivity index (χ0n) is 12.6. The second kappa shape index (κ2) is 5.94. The second-order valence-corrected chi connectivity index (χ2v) is 6.68. The Morgan fingerprint density at radius 2 is 1.73 bits per heavy atom. The number of nitrogens with two attached hydrogens (primary N) is 1. The van der Waals surface area contributed by atoms with Crippen molar-refractivity contribution in [2.75, 3.05) is 19.0 Å². The Bertz CT molecular complexity index is 813. The van der Waals surface area contributed by atoms with Gasteiger partial charge in [0.25, 0.3) is 0 Å². The standard InChI is InChI=1S/C15H18N2O4S/c1-10(16)15(18)21-22(19,20)14-9-5-6-11-12(14)7-4-8-13(11)17(2)3/h4-10H,16H2,1-3H3/t10-/m0/s1. The van der Waals surface area contributed by atoms with Crippen molar-refractivity contribution >= 4 is 32.5 Å². The van der Waals surface area contributed by atoms with Crippen molar-refractivity contribution in [1.29, 1.82) is 0 Å². The number of hydrogen-bond acceptors (Lipinski definition) is 6. The number of nitrogens with zero attached hydrogens (tertiary/aromatic N) is 1. The molecule has 0 unspecified atom stereocenters. The normalized spacial score (nSPS) is 12.9. The topological polar surface area (TPSA) is 89.7 Å². The molecule has 2 aromatic rings. The van der Waals surface area contributed by atoms with E-state index >= 15 is 0 Å². The van der Waals surface area contributed by atoms with Crippen LogP contribution in [0.4, 0.5) is 5.69 Å². The van der Waals surface area contributed by atoms with Crippen LogP contribution in [0, 0.1) is 0 Å². The monoisotopic (exact) mass is 322 g/mol. The smallest absolute Gasteiger partial charge is 0.342 e. The molecule has 0 saturated carbocycles. The Labute approximate surface area is 129 Å². The number of carbonyl (C=O) groups is 1. The highest BCUT2D eigenvalue weighted by atomic mass is 32.2. The molecule has 0 bridgehead atoms. The molecule has 0 spiro atoms. The summed E-state index contributed by atoms with van der Waals surface area (Å²) in [6.45, 7) is 1.37. The third kappa shape index (κ3) is 3.05. The van der Waals surface area contributed by atoms with Gasteiger partial charge >= 0.3 is 16.1 Å². The quantitative estimate of drug-likeness (QED) is 0.858. The highest BCUT2D eigenvalue weighted by molar-refractivity contribution is 7.87. The number of fused-ring (bicyclic) bond motifs is 1. The molecule has 118 valence electrons. The third-order valence-electron chi connectivity index (χ3n) is 3.17. The van der Waals surface area contributed by atoms with E-state index in [9.17, 15) is 13.2 Å². The highest BCUT2D eigenvalue weighted by Crippen LogP contribution is 2.30. The number of carbonyl (C=O) groups excluding carboxylic acids is 1. The Morgan fingerprint density at radius 3 is 2.32 bits per heavy atom. The molecule has 0 heterocycles. The maximum absolute atomic E-state index is 12.3. The predicted molar refractivity (Wildman–Crippen MR) is 85.2 cm³/mol. The summed E-state index contributed by atoms with van der Waals surface area (Å²) in [4.78, 5) is 13.3. The molecule has 0 aromatic heterocycles. The number of benzene rings is 2. The fourth-order valence-corrected chi connectivity index (χ4v) is 3.25. The molecule has 6 nitrogen and oxygen atoms in total. The van der Waals surface area contributed by atoms with Crippen molar-refractivity contribution in [3.8, 4) is 0 Å². The van der Waals surface area contributed by atoms with Gasteiger partial charge in [0.1, 0.15) is 10.9 Å². The minimum absolute atomic E-state index is 0.0531. The van der Waals surface area contributed by atoms with E-state index < -0.39 is 22.1 Å². The van der Waals surface area contributed by atoms with Crippen molar-refractivity contribution in [2.24, 2.45) is 5.73 Å². The van der Waals surface area contributed by atoms with Crippen LogP contribution in [0.25, 0.3) is 10.8 Å². The van der Waals surface area contributed by atoms with Crippen LogP contribution in [-0.4, -0.2) is 34.5 Å². The highest BCUT2D eigenvalue weighted by Gasteiger charge is 2.24. The Balaban J connectivity index is 2.62. The van der Waals surface area contributed by atoms with Crippen LogP contribution in [0.5, 0.6) is 0 Å². The van der Waals surface area contributed by atoms with Crippen molar-refractivity contribution in [3.63, 3.8) is 0 Å². The Kier molecular flexibility index (Phi) is 4.39. The fraction of sp³-hybridized carbons (Fsp3) is 0.267. The SMILES string of the molecule is C[C@H](N)C(=O)OS(=O)(=O)c1cccc2c(N(C)C)cccc12. The van der Waals surface area contributed by atoms with E-state index in [-0.39, 0.29) is 4.90 Å². The summed E-state index contributed by atoms with van der Waals surface area (Å²) < 4.78 is 29.2. The van der Waals surface area contributed by atoms with Crippen LogP contribution in [0.15, 0.2) is 41.3 Å². The molecule has 0 amide bonds. The lowest BCUT2D eigenvalue weighted by Crippen LogP contribution is -2.30. The van der Waals surface area contributed by atoms with E-state index in [0.717, 1.165) is 11.1 Å². The minimum Gasteiger partial charge on any atom is -0.377 e. The zero-order chi connectivity index (χ0) is 16.5. The first kappa shape index (κ1) is 16.3. The van der Waals surface area contributed by atoms with Gasteiger partial charge in [-0.2, -0.15) is 8.42 Å². The number of anilines is 1. The van der Waals surface area contributed by atoms with Gasteiger partial charge in [0, 0.05) is 30.6 Å². The second-order valence-electron chi connectivity index (χ2n) is 5.17. The molecule has 2 rings (SSSR count). The zero-order valence-corrected chi connectivity index (χ0v) is 13.4. The van der Waals surface area contributed by atoms with E-state index in [1.165, 1.54) is 13.0 Å². The summed E-state index contributed by atoms with van der Waals surface area (Å²) in [5.41, 5.74) is 6.22. The number of hydrogen-bond donors (Lipinski definition) is 1. The van der Waals surface area contributed by atoms with Gasteiger partial charge in [-0.25, -0.2) is 4.79 Å². The predicted octanol–water partition coefficient (Wildman–Crippen LogP) is 1.48. The summed E-state index contributed by atoms with van der Waals surface area (Å²) in [7, 11) is -0.487. The maximum Gasteiger partial charge on any atom is 0.342 e. The summed E-state index contributed by atoms with van der Waals surface area (Å²) >= 11 is 0. The summed E-state index contributed by atoms with van der Waals surface area (Å²) in [6, 6.07) is 9.14. The van der Waals surface area contributed by atoms with E-state index in [2.05, 4.69) is 4.18 Å². The molecule has 2 N–H and O–H groups in total. The van der Waals surface area contributed by atoms with Gasteiger partial charge < -0.3 is 14.8 Å². The van der Waals surface area contributed by atoms with E-state index in [0.29, 0.717) is 5.39 Å². The molecule has 7 heteroatoms. The van der Waals surface area contributed by atoms with Crippen LogP contribution in [0.1, 0.15) is 6.92 Å². The lowest BCUT2D eigenvalue weighted by Gasteiger charge is -2.17. The van der Waals surface area contributed by atoms with Gasteiger partial charge in [-0.1, -0.05) is 24.3 Å². The van der Waals surface area contributed by atoms with Crippen molar-refractivity contribution < 1.29 is 17.4 Å². The summed E-state index contributed by atoms with van der Waals surface area (Å²) in [6.07, 6.45) is 0. The van der Waals surface area contributed by atoms with E-state index in [1.807, 2.05) is 31.1 Å². The molecule has 0 aliphatic heterocycles. The molecule has 0 aliphatic carbocycles. The molecule has 0 radical (unpaired) electrons. The lowest BCUT2D eigenvalue weighted by molar-refractivity contribution is -0.134. The third-order valence-corrected chi connectivity index (χ3v) is 4.45. The maximum atomic E-state index is 12.3. The van der Waals surface area contributed by atoms with Crippen LogP contribution in [-0.2, 0) is 19.1 Å². The molecule has 2 aromatic carbocycles. The van der Waals surface area contributed by atoms with Gasteiger partial charge in [0.2, 0.25) is 0 Å². The van der Waals surface area contributed by atoms with E-state index in [1.54, 1.807) is 18.2 Å². The molecule has 0 aliphatic rings. The van der Waals surface area contributed by atoms with Crippen molar-refractivity contribution in [3.05, 3.63) is 36.4 Å². The first-order chi connectivity index (χ1) is 10.2. The average molecular weight is 322 g/mol. The van der Waals surface area contributed by atoms with Crippen LogP contribution >= 0.6 is 0 Å². The van der Waals surface area contributed by atoms with Crippen molar-refractivity contribution in [1.82, 2.24) is 0 Å². The van der Waals surface area contributed by atoms with Gasteiger partial charge in [0.15, 0.2) is 0 Å². The summed E-state index contributed by atoms with van der Waals surface area (Å²) in [5, 5.41) is 1.25.